The Labute approximate surface area is 91.5 Å². The quantitative estimate of drug-likeness (QED) is 0.801. The number of phenolic OH excluding ortho intramolecular Hbond substituents is 1. The van der Waals surface area contributed by atoms with E-state index in [9.17, 15) is 5.11 Å². The van der Waals surface area contributed by atoms with Gasteiger partial charge in [-0.15, -0.1) is 0 Å². The molecule has 0 amide bonds. The molecule has 1 heterocycles. The fourth-order valence-electron chi connectivity index (χ4n) is 2.26. The van der Waals surface area contributed by atoms with Crippen molar-refractivity contribution in [2.75, 3.05) is 13.1 Å². The van der Waals surface area contributed by atoms with Crippen LogP contribution in [-0.4, -0.2) is 23.1 Å². The lowest BCUT2D eigenvalue weighted by molar-refractivity contribution is 0.310. The zero-order valence-corrected chi connectivity index (χ0v) is 9.48. The van der Waals surface area contributed by atoms with Crippen LogP contribution < -0.4 is 0 Å². The molecule has 82 valence electrons. The van der Waals surface area contributed by atoms with Crippen LogP contribution in [-0.2, 0) is 6.54 Å². The first-order valence-corrected chi connectivity index (χ1v) is 5.66. The SMILES string of the molecule is CC1CN(Cc2ccccc2O)CC1C. The van der Waals surface area contributed by atoms with Gasteiger partial charge in [-0.05, 0) is 17.9 Å². The van der Waals surface area contributed by atoms with E-state index < -0.39 is 0 Å². The molecule has 0 radical (unpaired) electrons. The molecule has 0 saturated carbocycles. The number of aromatic hydroxyl groups is 1. The van der Waals surface area contributed by atoms with E-state index in [0.717, 1.165) is 37.0 Å². The number of para-hydroxylation sites is 1. The van der Waals surface area contributed by atoms with Crippen molar-refractivity contribution in [1.29, 1.82) is 0 Å². The van der Waals surface area contributed by atoms with E-state index in [4.69, 9.17) is 0 Å². The number of hydrogen-bond acceptors (Lipinski definition) is 2. The molecule has 1 aromatic rings. The molecule has 1 saturated heterocycles. The average Bonchev–Trinajstić information content (AvgIpc) is 2.50. The van der Waals surface area contributed by atoms with Crippen LogP contribution in [0.25, 0.3) is 0 Å². The molecule has 1 aromatic carbocycles. The molecule has 1 aliphatic rings. The van der Waals surface area contributed by atoms with Crippen molar-refractivity contribution in [3.05, 3.63) is 29.8 Å². The van der Waals surface area contributed by atoms with Crippen LogP contribution in [0.1, 0.15) is 19.4 Å². The highest BCUT2D eigenvalue weighted by Crippen LogP contribution is 2.25. The molecule has 2 unspecified atom stereocenters. The van der Waals surface area contributed by atoms with Gasteiger partial charge < -0.3 is 5.11 Å². The maximum Gasteiger partial charge on any atom is 0.120 e. The van der Waals surface area contributed by atoms with Gasteiger partial charge in [0.25, 0.3) is 0 Å². The first-order valence-electron chi connectivity index (χ1n) is 5.66. The van der Waals surface area contributed by atoms with Crippen LogP contribution in [0.15, 0.2) is 24.3 Å². The van der Waals surface area contributed by atoms with Crippen molar-refractivity contribution in [2.45, 2.75) is 20.4 Å². The Kier molecular flexibility index (Phi) is 2.96. The van der Waals surface area contributed by atoms with Gasteiger partial charge in [0, 0.05) is 25.2 Å². The third-order valence-electron chi connectivity index (χ3n) is 3.45. The van der Waals surface area contributed by atoms with E-state index >= 15 is 0 Å². The van der Waals surface area contributed by atoms with Crippen molar-refractivity contribution in [1.82, 2.24) is 4.90 Å². The van der Waals surface area contributed by atoms with Gasteiger partial charge in [0.15, 0.2) is 0 Å². The fourth-order valence-corrected chi connectivity index (χ4v) is 2.26. The predicted octanol–water partition coefficient (Wildman–Crippen LogP) is 2.48. The lowest BCUT2D eigenvalue weighted by Gasteiger charge is -2.16. The Morgan fingerprint density at radius 3 is 2.40 bits per heavy atom. The molecule has 2 atom stereocenters. The largest absolute Gasteiger partial charge is 0.508 e. The van der Waals surface area contributed by atoms with E-state index in [1.165, 1.54) is 0 Å². The standard InChI is InChI=1S/C13H19NO/c1-10-7-14(8-11(10)2)9-12-5-3-4-6-13(12)15/h3-6,10-11,15H,7-9H2,1-2H3. The molecule has 0 spiro atoms. The van der Waals surface area contributed by atoms with Crippen LogP contribution >= 0.6 is 0 Å². The highest BCUT2D eigenvalue weighted by atomic mass is 16.3. The Balaban J connectivity index is 2.01. The second-order valence-electron chi connectivity index (χ2n) is 4.78. The Bertz CT molecular complexity index is 327. The topological polar surface area (TPSA) is 23.5 Å². The van der Waals surface area contributed by atoms with E-state index in [-0.39, 0.29) is 0 Å². The second-order valence-corrected chi connectivity index (χ2v) is 4.78. The normalized spacial score (nSPS) is 27.1. The summed E-state index contributed by atoms with van der Waals surface area (Å²) in [7, 11) is 0. The summed E-state index contributed by atoms with van der Waals surface area (Å²) < 4.78 is 0. The smallest absolute Gasteiger partial charge is 0.120 e. The minimum absolute atomic E-state index is 0.421. The van der Waals surface area contributed by atoms with Gasteiger partial charge in [0.2, 0.25) is 0 Å². The molecule has 2 nitrogen and oxygen atoms in total. The van der Waals surface area contributed by atoms with E-state index in [2.05, 4.69) is 18.7 Å². The second kappa shape index (κ2) is 4.23. The van der Waals surface area contributed by atoms with E-state index in [0.29, 0.717) is 5.75 Å². The summed E-state index contributed by atoms with van der Waals surface area (Å²) in [6.07, 6.45) is 0. The van der Waals surface area contributed by atoms with Crippen molar-refractivity contribution in [3.8, 4) is 5.75 Å². The number of likely N-dealkylation sites (tertiary alicyclic amines) is 1. The monoisotopic (exact) mass is 205 g/mol. The number of phenols is 1. The van der Waals surface area contributed by atoms with Gasteiger partial charge in [-0.1, -0.05) is 32.0 Å². The van der Waals surface area contributed by atoms with Crippen molar-refractivity contribution >= 4 is 0 Å². The molecule has 2 heteroatoms. The van der Waals surface area contributed by atoms with Crippen LogP contribution in [0.5, 0.6) is 5.75 Å². The third-order valence-corrected chi connectivity index (χ3v) is 3.45. The van der Waals surface area contributed by atoms with Gasteiger partial charge in [-0.25, -0.2) is 0 Å². The number of hydrogen-bond donors (Lipinski definition) is 1. The molecule has 15 heavy (non-hydrogen) atoms. The van der Waals surface area contributed by atoms with Gasteiger partial charge >= 0.3 is 0 Å². The third kappa shape index (κ3) is 2.32. The van der Waals surface area contributed by atoms with E-state index in [1.54, 1.807) is 6.07 Å². The van der Waals surface area contributed by atoms with Crippen LogP contribution in [0.4, 0.5) is 0 Å². The van der Waals surface area contributed by atoms with Gasteiger partial charge in [0.05, 0.1) is 0 Å². The first-order chi connectivity index (χ1) is 7.16. The molecule has 2 rings (SSSR count). The molecular formula is C13H19NO. The van der Waals surface area contributed by atoms with Crippen molar-refractivity contribution in [3.63, 3.8) is 0 Å². The molecule has 1 aliphatic heterocycles. The summed E-state index contributed by atoms with van der Waals surface area (Å²) in [5.74, 6) is 1.97. The summed E-state index contributed by atoms with van der Waals surface area (Å²) in [6, 6.07) is 7.62. The maximum atomic E-state index is 9.68. The zero-order chi connectivity index (χ0) is 10.8. The first kappa shape index (κ1) is 10.5. The van der Waals surface area contributed by atoms with Crippen LogP contribution in [0.2, 0.25) is 0 Å². The Morgan fingerprint density at radius 1 is 1.20 bits per heavy atom. The zero-order valence-electron chi connectivity index (χ0n) is 9.48. The highest BCUT2D eigenvalue weighted by Gasteiger charge is 2.26. The van der Waals surface area contributed by atoms with E-state index in [1.807, 2.05) is 18.2 Å². The summed E-state index contributed by atoms with van der Waals surface area (Å²) >= 11 is 0. The lowest BCUT2D eigenvalue weighted by Crippen LogP contribution is -2.20. The molecule has 1 N–H and O–H groups in total. The Morgan fingerprint density at radius 2 is 1.80 bits per heavy atom. The molecule has 0 bridgehead atoms. The molecule has 0 aromatic heterocycles. The number of nitrogens with zero attached hydrogens (tertiary/aromatic N) is 1. The van der Waals surface area contributed by atoms with Crippen LogP contribution in [0, 0.1) is 11.8 Å². The highest BCUT2D eigenvalue weighted by molar-refractivity contribution is 5.31. The van der Waals surface area contributed by atoms with Gasteiger partial charge in [0.1, 0.15) is 5.75 Å². The lowest BCUT2D eigenvalue weighted by atomic mass is 10.0. The summed E-state index contributed by atoms with van der Waals surface area (Å²) in [5.41, 5.74) is 1.04. The minimum atomic E-state index is 0.421. The Hall–Kier alpha value is -1.02. The minimum Gasteiger partial charge on any atom is -0.508 e. The number of benzene rings is 1. The average molecular weight is 205 g/mol. The number of rotatable bonds is 2. The summed E-state index contributed by atoms with van der Waals surface area (Å²) in [5, 5.41) is 9.68. The van der Waals surface area contributed by atoms with Crippen molar-refractivity contribution < 1.29 is 5.11 Å². The molecule has 1 fully saturated rings. The van der Waals surface area contributed by atoms with Gasteiger partial charge in [-0.2, -0.15) is 0 Å². The maximum absolute atomic E-state index is 9.68. The van der Waals surface area contributed by atoms with Crippen LogP contribution in [0.3, 0.4) is 0 Å². The molecule has 0 aliphatic carbocycles. The summed E-state index contributed by atoms with van der Waals surface area (Å²) in [4.78, 5) is 2.42. The van der Waals surface area contributed by atoms with Crippen molar-refractivity contribution in [2.24, 2.45) is 11.8 Å². The predicted molar refractivity (Wildman–Crippen MR) is 61.7 cm³/mol. The fraction of sp³-hybridized carbons (Fsp3) is 0.538. The summed E-state index contributed by atoms with van der Waals surface area (Å²) in [6.45, 7) is 7.78. The van der Waals surface area contributed by atoms with Gasteiger partial charge in [-0.3, -0.25) is 4.90 Å². The molecular weight excluding hydrogens is 186 g/mol.